The molecule has 0 radical (unpaired) electrons. The molecule has 1 fully saturated rings. The first-order valence-electron chi connectivity index (χ1n) is 7.44. The topological polar surface area (TPSA) is 136 Å². The number of carbonyl (C=O) groups excluding carboxylic acids is 2. The molecule has 0 bridgehead atoms. The molecule has 0 unspecified atom stereocenters. The summed E-state index contributed by atoms with van der Waals surface area (Å²) in [6, 6.07) is 1.52. The molecule has 4 N–H and O–H groups in total. The Kier molecular flexibility index (Phi) is 4.58. The zero-order valence-electron chi connectivity index (χ0n) is 12.9. The third kappa shape index (κ3) is 3.60. The number of aromatic nitrogens is 4. The van der Waals surface area contributed by atoms with Gasteiger partial charge in [-0.15, -0.1) is 0 Å². The Hall–Kier alpha value is -2.72. The van der Waals surface area contributed by atoms with Crippen LogP contribution in [-0.4, -0.2) is 80.4 Å². The van der Waals surface area contributed by atoms with Crippen molar-refractivity contribution in [2.75, 3.05) is 32.8 Å². The zero-order valence-corrected chi connectivity index (χ0v) is 12.9. The predicted octanol–water partition coefficient (Wildman–Crippen LogP) is -1.23. The lowest BCUT2D eigenvalue weighted by Crippen LogP contribution is -2.53. The molecule has 1 atom stereocenters. The highest BCUT2D eigenvalue weighted by atomic mass is 16.5. The Morgan fingerprint density at radius 2 is 2.33 bits per heavy atom. The van der Waals surface area contributed by atoms with E-state index in [-0.39, 0.29) is 37.1 Å². The molecule has 1 aliphatic heterocycles. The number of hydrogen-bond donors (Lipinski definition) is 4. The maximum absolute atomic E-state index is 12.4. The number of ether oxygens (including phenoxy) is 1. The summed E-state index contributed by atoms with van der Waals surface area (Å²) in [6.07, 6.45) is 4.50. The van der Waals surface area contributed by atoms with Crippen LogP contribution in [0.15, 0.2) is 24.7 Å². The third-order valence-electron chi connectivity index (χ3n) is 3.67. The van der Waals surface area contributed by atoms with Crippen LogP contribution in [0.1, 0.15) is 21.1 Å². The lowest BCUT2D eigenvalue weighted by Gasteiger charge is -2.30. The number of rotatable bonds is 4. The standard InChI is InChI=1S/C14H18N6O4/c21-12(10-1-2-18-19-10)17-7-14(23)8-20(5-6-24-9-14)13(22)11-15-3-4-16-11/h1-4,23H,5-9H2,(H,15,16)(H,17,21)(H,18,19)/t14-/m0/s1. The van der Waals surface area contributed by atoms with Crippen LogP contribution in [0, 0.1) is 0 Å². The van der Waals surface area contributed by atoms with E-state index in [2.05, 4.69) is 25.5 Å². The predicted molar refractivity (Wildman–Crippen MR) is 81.2 cm³/mol. The molecule has 2 aromatic rings. The Labute approximate surface area is 137 Å². The average molecular weight is 334 g/mol. The number of H-pyrrole nitrogens is 2. The van der Waals surface area contributed by atoms with E-state index >= 15 is 0 Å². The van der Waals surface area contributed by atoms with Gasteiger partial charge in [0, 0.05) is 25.1 Å². The Balaban J connectivity index is 1.64. The zero-order chi connectivity index (χ0) is 17.0. The maximum Gasteiger partial charge on any atom is 0.289 e. The summed E-state index contributed by atoms with van der Waals surface area (Å²) in [5.41, 5.74) is -1.11. The van der Waals surface area contributed by atoms with Crippen molar-refractivity contribution in [3.63, 3.8) is 0 Å². The van der Waals surface area contributed by atoms with E-state index in [1.165, 1.54) is 23.4 Å². The van der Waals surface area contributed by atoms with Crippen molar-refractivity contribution in [3.8, 4) is 0 Å². The van der Waals surface area contributed by atoms with Gasteiger partial charge in [-0.2, -0.15) is 5.10 Å². The monoisotopic (exact) mass is 334 g/mol. The molecule has 3 heterocycles. The summed E-state index contributed by atoms with van der Waals surface area (Å²) in [6.45, 7) is 0.598. The molecule has 3 rings (SSSR count). The van der Waals surface area contributed by atoms with E-state index in [1.807, 2.05) is 0 Å². The molecule has 0 spiro atoms. The van der Waals surface area contributed by atoms with E-state index < -0.39 is 11.5 Å². The van der Waals surface area contributed by atoms with E-state index in [0.717, 1.165) is 0 Å². The van der Waals surface area contributed by atoms with Crippen LogP contribution in [0.3, 0.4) is 0 Å². The number of amides is 2. The van der Waals surface area contributed by atoms with Crippen LogP contribution < -0.4 is 5.32 Å². The van der Waals surface area contributed by atoms with E-state index in [4.69, 9.17) is 4.74 Å². The minimum atomic E-state index is -1.39. The molecule has 10 heteroatoms. The van der Waals surface area contributed by atoms with Gasteiger partial charge in [-0.3, -0.25) is 14.7 Å². The second-order valence-corrected chi connectivity index (χ2v) is 5.59. The maximum atomic E-state index is 12.4. The molecule has 0 aromatic carbocycles. The Bertz CT molecular complexity index is 686. The van der Waals surface area contributed by atoms with Gasteiger partial charge in [-0.1, -0.05) is 0 Å². The van der Waals surface area contributed by atoms with E-state index in [0.29, 0.717) is 13.2 Å². The smallest absolute Gasteiger partial charge is 0.289 e. The first kappa shape index (κ1) is 16.1. The second-order valence-electron chi connectivity index (χ2n) is 5.59. The first-order valence-corrected chi connectivity index (χ1v) is 7.44. The fraction of sp³-hybridized carbons (Fsp3) is 0.429. The fourth-order valence-electron chi connectivity index (χ4n) is 2.45. The van der Waals surface area contributed by atoms with Crippen LogP contribution in [0.25, 0.3) is 0 Å². The molecule has 2 amide bonds. The second kappa shape index (κ2) is 6.81. The largest absolute Gasteiger partial charge is 0.384 e. The Morgan fingerprint density at radius 1 is 1.46 bits per heavy atom. The summed E-state index contributed by atoms with van der Waals surface area (Å²) >= 11 is 0. The number of aliphatic hydroxyl groups is 1. The number of carbonyl (C=O) groups is 2. The van der Waals surface area contributed by atoms with Crippen LogP contribution in [0.4, 0.5) is 0 Å². The Morgan fingerprint density at radius 3 is 3.04 bits per heavy atom. The summed E-state index contributed by atoms with van der Waals surface area (Å²) < 4.78 is 5.38. The minimum Gasteiger partial charge on any atom is -0.384 e. The van der Waals surface area contributed by atoms with Gasteiger partial charge in [-0.25, -0.2) is 4.98 Å². The van der Waals surface area contributed by atoms with Crippen molar-refractivity contribution in [3.05, 3.63) is 36.2 Å². The SMILES string of the molecule is O=C(NC[C@@]1(O)COCCN(C(=O)c2ncc[nH]2)C1)c1ccn[nH]1. The van der Waals surface area contributed by atoms with Crippen LogP contribution in [0.2, 0.25) is 0 Å². The van der Waals surface area contributed by atoms with Crippen molar-refractivity contribution in [2.45, 2.75) is 5.60 Å². The number of β-amino-alcohol motifs (C(OH)–C–C–N with tert-alkyl or cyclic N) is 1. The highest BCUT2D eigenvalue weighted by molar-refractivity contribution is 5.92. The molecule has 10 nitrogen and oxygen atoms in total. The van der Waals surface area contributed by atoms with E-state index in [9.17, 15) is 14.7 Å². The average Bonchev–Trinajstić information content (AvgIpc) is 3.25. The van der Waals surface area contributed by atoms with Gasteiger partial charge < -0.3 is 25.0 Å². The number of hydrogen-bond acceptors (Lipinski definition) is 6. The summed E-state index contributed by atoms with van der Waals surface area (Å²) in [7, 11) is 0. The quantitative estimate of drug-likeness (QED) is 0.552. The molecule has 24 heavy (non-hydrogen) atoms. The summed E-state index contributed by atoms with van der Waals surface area (Å²) in [5.74, 6) is -0.529. The first-order chi connectivity index (χ1) is 11.6. The molecular weight excluding hydrogens is 316 g/mol. The summed E-state index contributed by atoms with van der Waals surface area (Å²) in [4.78, 5) is 32.5. The van der Waals surface area contributed by atoms with Crippen LogP contribution in [0.5, 0.6) is 0 Å². The highest BCUT2D eigenvalue weighted by Gasteiger charge is 2.35. The third-order valence-corrected chi connectivity index (χ3v) is 3.67. The van der Waals surface area contributed by atoms with Crippen molar-refractivity contribution < 1.29 is 19.4 Å². The van der Waals surface area contributed by atoms with Crippen LogP contribution in [-0.2, 0) is 4.74 Å². The molecule has 0 saturated carbocycles. The van der Waals surface area contributed by atoms with E-state index in [1.54, 1.807) is 6.20 Å². The number of aromatic amines is 2. The lowest BCUT2D eigenvalue weighted by molar-refractivity contribution is -0.0325. The van der Waals surface area contributed by atoms with Crippen LogP contribution >= 0.6 is 0 Å². The minimum absolute atomic E-state index is 0.0121. The molecule has 1 saturated heterocycles. The van der Waals surface area contributed by atoms with Gasteiger partial charge in [0.25, 0.3) is 11.8 Å². The number of nitrogens with one attached hydrogen (secondary N) is 3. The van der Waals surface area contributed by atoms with Gasteiger partial charge >= 0.3 is 0 Å². The highest BCUT2D eigenvalue weighted by Crippen LogP contribution is 2.14. The van der Waals surface area contributed by atoms with Crippen molar-refractivity contribution in [1.29, 1.82) is 0 Å². The normalized spacial score (nSPS) is 21.3. The fourth-order valence-corrected chi connectivity index (χ4v) is 2.45. The molecule has 2 aromatic heterocycles. The molecule has 1 aliphatic rings. The molecular formula is C14H18N6O4. The van der Waals surface area contributed by atoms with Crippen molar-refractivity contribution in [1.82, 2.24) is 30.4 Å². The summed E-state index contributed by atoms with van der Waals surface area (Å²) in [5, 5.41) is 19.6. The lowest BCUT2D eigenvalue weighted by atomic mass is 10.0. The number of imidazole rings is 1. The van der Waals surface area contributed by atoms with Gasteiger partial charge in [-0.05, 0) is 6.07 Å². The van der Waals surface area contributed by atoms with Crippen molar-refractivity contribution in [2.24, 2.45) is 0 Å². The van der Waals surface area contributed by atoms with Crippen molar-refractivity contribution >= 4 is 11.8 Å². The number of nitrogens with zero attached hydrogens (tertiary/aromatic N) is 3. The molecule has 128 valence electrons. The molecule has 0 aliphatic carbocycles. The van der Waals surface area contributed by atoms with Gasteiger partial charge in [0.05, 0.1) is 26.3 Å². The van der Waals surface area contributed by atoms with Gasteiger partial charge in [0.1, 0.15) is 11.3 Å². The van der Waals surface area contributed by atoms with Gasteiger partial charge in [0.15, 0.2) is 5.82 Å². The van der Waals surface area contributed by atoms with Gasteiger partial charge in [0.2, 0.25) is 0 Å².